The second-order valence-electron chi connectivity index (χ2n) is 3.39. The number of carbonyl (C=O) groups excluding carboxylic acids is 4. The van der Waals surface area contributed by atoms with Crippen LogP contribution in [0.15, 0.2) is 0 Å². The largest absolute Gasteiger partial charge is 0.464 e. The van der Waals surface area contributed by atoms with Crippen LogP contribution in [0.25, 0.3) is 0 Å². The molecule has 18 heavy (non-hydrogen) atoms. The van der Waals surface area contributed by atoms with E-state index in [-0.39, 0.29) is 13.2 Å². The van der Waals surface area contributed by atoms with Crippen LogP contribution in [0.5, 0.6) is 0 Å². The molecule has 0 aliphatic carbocycles. The summed E-state index contributed by atoms with van der Waals surface area (Å²) in [7, 11) is 0. The fraction of sp³-hybridized carbons (Fsp3) is 0.600. The summed E-state index contributed by atoms with van der Waals surface area (Å²) in [4.78, 5) is 45.8. The van der Waals surface area contributed by atoms with Crippen molar-refractivity contribution in [3.05, 3.63) is 0 Å². The Bertz CT molecular complexity index is 345. The van der Waals surface area contributed by atoms with E-state index in [9.17, 15) is 19.2 Å². The lowest BCUT2D eigenvalue weighted by molar-refractivity contribution is -0.159. The normalized spacial score (nSPS) is 22.8. The predicted molar refractivity (Wildman–Crippen MR) is 57.1 cm³/mol. The monoisotopic (exact) mass is 258 g/mol. The van der Waals surface area contributed by atoms with Gasteiger partial charge in [-0.2, -0.15) is 0 Å². The van der Waals surface area contributed by atoms with Crippen LogP contribution in [0.1, 0.15) is 13.8 Å². The Morgan fingerprint density at radius 2 is 1.28 bits per heavy atom. The molecule has 100 valence electrons. The third-order valence-corrected chi connectivity index (χ3v) is 2.14. The van der Waals surface area contributed by atoms with Crippen LogP contribution in [0.2, 0.25) is 0 Å². The van der Waals surface area contributed by atoms with Crippen molar-refractivity contribution in [1.29, 1.82) is 0 Å². The maximum atomic E-state index is 11.5. The number of amides is 2. The lowest BCUT2D eigenvalue weighted by Gasteiger charge is -2.26. The van der Waals surface area contributed by atoms with Gasteiger partial charge in [-0.25, -0.2) is 9.59 Å². The van der Waals surface area contributed by atoms with Gasteiger partial charge in [-0.3, -0.25) is 9.59 Å². The Balaban J connectivity index is 2.71. The molecule has 0 spiro atoms. The minimum atomic E-state index is -1.43. The van der Waals surface area contributed by atoms with Gasteiger partial charge in [0.05, 0.1) is 13.2 Å². The summed E-state index contributed by atoms with van der Waals surface area (Å²) >= 11 is 0. The Labute approximate surface area is 103 Å². The van der Waals surface area contributed by atoms with Gasteiger partial charge in [0.2, 0.25) is 12.1 Å². The molecule has 1 aliphatic rings. The quantitative estimate of drug-likeness (QED) is 0.450. The van der Waals surface area contributed by atoms with E-state index < -0.39 is 35.8 Å². The maximum Gasteiger partial charge on any atom is 0.338 e. The van der Waals surface area contributed by atoms with E-state index in [0.29, 0.717) is 0 Å². The molecule has 1 heterocycles. The highest BCUT2D eigenvalue weighted by Crippen LogP contribution is 2.02. The number of esters is 2. The molecule has 0 unspecified atom stereocenters. The zero-order valence-electron chi connectivity index (χ0n) is 10.0. The molecule has 1 rings (SSSR count). The number of nitrogens with one attached hydrogen (secondary N) is 2. The molecular weight excluding hydrogens is 244 g/mol. The highest BCUT2D eigenvalue weighted by Gasteiger charge is 2.42. The van der Waals surface area contributed by atoms with E-state index >= 15 is 0 Å². The number of rotatable bonds is 4. The first-order valence-corrected chi connectivity index (χ1v) is 5.45. The number of hydrogen-bond donors (Lipinski definition) is 2. The van der Waals surface area contributed by atoms with Gasteiger partial charge in [0, 0.05) is 0 Å². The Morgan fingerprint density at radius 1 is 0.944 bits per heavy atom. The molecule has 0 saturated carbocycles. The molecule has 2 amide bonds. The minimum Gasteiger partial charge on any atom is -0.464 e. The lowest BCUT2D eigenvalue weighted by atomic mass is 10.1. The van der Waals surface area contributed by atoms with Crippen molar-refractivity contribution in [3.63, 3.8) is 0 Å². The minimum absolute atomic E-state index is 0.0831. The van der Waals surface area contributed by atoms with Gasteiger partial charge in [-0.15, -0.1) is 0 Å². The van der Waals surface area contributed by atoms with E-state index in [1.165, 1.54) is 0 Å². The van der Waals surface area contributed by atoms with E-state index in [1.54, 1.807) is 13.8 Å². The average Bonchev–Trinajstić information content (AvgIpc) is 2.32. The first-order chi connectivity index (χ1) is 8.51. The molecule has 2 N–H and O–H groups in total. The standard InChI is InChI=1S/C10H14N2O6/c1-3-17-9(15)5-7(13)12-6(8(14)11-5)10(16)18-4-2/h5-6H,3-4H2,1-2H3,(H,11,14)(H,12,13)/t5-,6-/m1/s1. The van der Waals surface area contributed by atoms with E-state index in [4.69, 9.17) is 0 Å². The zero-order chi connectivity index (χ0) is 13.7. The SMILES string of the molecule is CCOC(=O)[C@@H]1NC(=O)[C@H](C(=O)OCC)NC1=O. The van der Waals surface area contributed by atoms with E-state index in [2.05, 4.69) is 20.1 Å². The number of piperazine rings is 1. The van der Waals surface area contributed by atoms with Crippen molar-refractivity contribution in [1.82, 2.24) is 10.6 Å². The Morgan fingerprint density at radius 3 is 1.56 bits per heavy atom. The average molecular weight is 258 g/mol. The van der Waals surface area contributed by atoms with Crippen LogP contribution in [-0.2, 0) is 28.7 Å². The van der Waals surface area contributed by atoms with Crippen LogP contribution in [0.4, 0.5) is 0 Å². The van der Waals surface area contributed by atoms with Gasteiger partial charge in [-0.05, 0) is 13.8 Å². The second kappa shape index (κ2) is 5.99. The molecule has 1 aliphatic heterocycles. The van der Waals surface area contributed by atoms with Gasteiger partial charge in [0.1, 0.15) is 0 Å². The van der Waals surface area contributed by atoms with Gasteiger partial charge >= 0.3 is 11.9 Å². The van der Waals surface area contributed by atoms with Crippen molar-refractivity contribution in [2.75, 3.05) is 13.2 Å². The molecule has 1 saturated heterocycles. The maximum absolute atomic E-state index is 11.5. The molecule has 8 heteroatoms. The summed E-state index contributed by atoms with van der Waals surface area (Å²) in [5, 5.41) is 4.23. The molecule has 2 atom stereocenters. The molecule has 0 aromatic carbocycles. The number of hydrogen-bond acceptors (Lipinski definition) is 6. The van der Waals surface area contributed by atoms with E-state index in [0.717, 1.165) is 0 Å². The first-order valence-electron chi connectivity index (χ1n) is 5.45. The van der Waals surface area contributed by atoms with Gasteiger partial charge in [0.25, 0.3) is 11.8 Å². The number of ether oxygens (including phenoxy) is 2. The fourth-order valence-corrected chi connectivity index (χ4v) is 1.37. The third-order valence-electron chi connectivity index (χ3n) is 2.14. The molecule has 8 nitrogen and oxygen atoms in total. The smallest absolute Gasteiger partial charge is 0.338 e. The summed E-state index contributed by atoms with van der Waals surface area (Å²) in [6.07, 6.45) is 0. The zero-order valence-corrected chi connectivity index (χ0v) is 10.0. The first kappa shape index (κ1) is 13.9. The van der Waals surface area contributed by atoms with Crippen molar-refractivity contribution in [3.8, 4) is 0 Å². The van der Waals surface area contributed by atoms with Crippen molar-refractivity contribution in [2.45, 2.75) is 25.9 Å². The van der Waals surface area contributed by atoms with Crippen molar-refractivity contribution >= 4 is 23.8 Å². The molecule has 0 bridgehead atoms. The van der Waals surface area contributed by atoms with Crippen LogP contribution >= 0.6 is 0 Å². The summed E-state index contributed by atoms with van der Waals surface area (Å²) in [6.45, 7) is 3.31. The lowest BCUT2D eigenvalue weighted by Crippen LogP contribution is -2.66. The van der Waals surface area contributed by atoms with Gasteiger partial charge < -0.3 is 20.1 Å². The fourth-order valence-electron chi connectivity index (χ4n) is 1.37. The Kier molecular flexibility index (Phi) is 4.64. The highest BCUT2D eigenvalue weighted by atomic mass is 16.5. The summed E-state index contributed by atoms with van der Waals surface area (Å²) in [5.41, 5.74) is 0. The Hall–Kier alpha value is -2.12. The molecule has 0 aromatic heterocycles. The third kappa shape index (κ3) is 2.96. The molecular formula is C10H14N2O6. The second-order valence-corrected chi connectivity index (χ2v) is 3.39. The van der Waals surface area contributed by atoms with Gasteiger partial charge in [0.15, 0.2) is 0 Å². The van der Waals surface area contributed by atoms with Crippen molar-refractivity contribution in [2.24, 2.45) is 0 Å². The van der Waals surface area contributed by atoms with Crippen molar-refractivity contribution < 1.29 is 28.7 Å². The van der Waals surface area contributed by atoms with Crippen LogP contribution < -0.4 is 10.6 Å². The summed E-state index contributed by atoms with van der Waals surface area (Å²) < 4.78 is 9.23. The topological polar surface area (TPSA) is 111 Å². The summed E-state index contributed by atoms with van der Waals surface area (Å²) in [5.74, 6) is -3.34. The predicted octanol–water partition coefficient (Wildman–Crippen LogP) is -1.90. The molecule has 1 fully saturated rings. The van der Waals surface area contributed by atoms with Crippen LogP contribution in [0.3, 0.4) is 0 Å². The van der Waals surface area contributed by atoms with Crippen LogP contribution in [-0.4, -0.2) is 49.1 Å². The van der Waals surface area contributed by atoms with Gasteiger partial charge in [-0.1, -0.05) is 0 Å². The molecule has 0 radical (unpaired) electrons. The van der Waals surface area contributed by atoms with E-state index in [1.807, 2.05) is 0 Å². The molecule has 0 aromatic rings. The highest BCUT2D eigenvalue weighted by molar-refractivity contribution is 6.15. The number of carbonyl (C=O) groups is 4. The summed E-state index contributed by atoms with van der Waals surface area (Å²) in [6, 6.07) is -2.86. The van der Waals surface area contributed by atoms with Crippen LogP contribution in [0, 0.1) is 0 Å².